The average Bonchev–Trinajstić information content (AvgIpc) is 2.30. The Morgan fingerprint density at radius 3 is 2.73 bits per heavy atom. The molecular formula is C14H25N. The number of unbranched alkanes of at least 4 members (excludes halogenated alkanes) is 4. The van der Waals surface area contributed by atoms with E-state index in [-0.39, 0.29) is 0 Å². The van der Waals surface area contributed by atoms with Gasteiger partial charge in [0.2, 0.25) is 0 Å². The molecule has 0 aromatic carbocycles. The van der Waals surface area contributed by atoms with Crippen molar-refractivity contribution in [3.63, 3.8) is 0 Å². The average molecular weight is 207 g/mol. The van der Waals surface area contributed by atoms with Crippen molar-refractivity contribution in [3.05, 3.63) is 24.9 Å². The van der Waals surface area contributed by atoms with Crippen LogP contribution in [0.15, 0.2) is 24.9 Å². The van der Waals surface area contributed by atoms with Gasteiger partial charge in [-0.3, -0.25) is 0 Å². The molecule has 0 aromatic rings. The van der Waals surface area contributed by atoms with Crippen molar-refractivity contribution in [3.8, 4) is 0 Å². The molecule has 0 fully saturated rings. The quantitative estimate of drug-likeness (QED) is 0.451. The summed E-state index contributed by atoms with van der Waals surface area (Å²) < 4.78 is 0. The second-order valence-electron chi connectivity index (χ2n) is 4.48. The summed E-state index contributed by atoms with van der Waals surface area (Å²) in [6.07, 6.45) is 14.7. The Hall–Kier alpha value is -0.720. The topological polar surface area (TPSA) is 3.24 Å². The lowest BCUT2D eigenvalue weighted by atomic mass is 10.0. The summed E-state index contributed by atoms with van der Waals surface area (Å²) in [5, 5.41) is 0. The molecule has 0 spiro atoms. The molecule has 0 amide bonds. The Morgan fingerprint density at radius 1 is 1.33 bits per heavy atom. The van der Waals surface area contributed by atoms with E-state index < -0.39 is 0 Å². The third-order valence-corrected chi connectivity index (χ3v) is 3.15. The minimum atomic E-state index is 0.612. The third kappa shape index (κ3) is 5.06. The van der Waals surface area contributed by atoms with Gasteiger partial charge in [0.1, 0.15) is 0 Å². The van der Waals surface area contributed by atoms with E-state index in [2.05, 4.69) is 36.8 Å². The van der Waals surface area contributed by atoms with Crippen LogP contribution in [0.5, 0.6) is 0 Å². The minimum absolute atomic E-state index is 0.612. The molecule has 1 aliphatic rings. The van der Waals surface area contributed by atoms with E-state index >= 15 is 0 Å². The van der Waals surface area contributed by atoms with Gasteiger partial charge in [0.05, 0.1) is 0 Å². The van der Waals surface area contributed by atoms with Crippen LogP contribution in [0.1, 0.15) is 45.4 Å². The van der Waals surface area contributed by atoms with Crippen molar-refractivity contribution in [2.24, 2.45) is 5.92 Å². The van der Waals surface area contributed by atoms with Crippen molar-refractivity contribution >= 4 is 0 Å². The zero-order valence-electron chi connectivity index (χ0n) is 10.1. The number of hydrogen-bond donors (Lipinski definition) is 0. The molecule has 0 unspecified atom stereocenters. The van der Waals surface area contributed by atoms with Gasteiger partial charge < -0.3 is 4.90 Å². The van der Waals surface area contributed by atoms with Gasteiger partial charge in [-0.25, -0.2) is 0 Å². The van der Waals surface area contributed by atoms with Gasteiger partial charge >= 0.3 is 0 Å². The van der Waals surface area contributed by atoms with Crippen molar-refractivity contribution in [2.45, 2.75) is 45.4 Å². The normalized spacial score (nSPS) is 20.6. The first-order chi connectivity index (χ1) is 7.36. The van der Waals surface area contributed by atoms with Crippen LogP contribution in [0.3, 0.4) is 0 Å². The lowest BCUT2D eigenvalue weighted by Crippen LogP contribution is -2.24. The van der Waals surface area contributed by atoms with Crippen LogP contribution in [0.25, 0.3) is 0 Å². The second kappa shape index (κ2) is 7.56. The van der Waals surface area contributed by atoms with Gasteiger partial charge in [0, 0.05) is 13.1 Å². The van der Waals surface area contributed by atoms with Crippen molar-refractivity contribution in [2.75, 3.05) is 13.1 Å². The van der Waals surface area contributed by atoms with Crippen LogP contribution in [-0.4, -0.2) is 18.0 Å². The van der Waals surface area contributed by atoms with Gasteiger partial charge in [0.15, 0.2) is 0 Å². The first-order valence-electron chi connectivity index (χ1n) is 6.41. The smallest absolute Gasteiger partial charge is 0.0181 e. The van der Waals surface area contributed by atoms with Crippen LogP contribution in [-0.2, 0) is 0 Å². The molecule has 0 saturated heterocycles. The summed E-state index contributed by atoms with van der Waals surface area (Å²) in [6, 6.07) is 0. The fourth-order valence-electron chi connectivity index (χ4n) is 2.02. The van der Waals surface area contributed by atoms with E-state index in [1.807, 2.05) is 0 Å². The van der Waals surface area contributed by atoms with Gasteiger partial charge in [-0.15, -0.1) is 6.58 Å². The highest BCUT2D eigenvalue weighted by atomic mass is 15.1. The number of allylic oxidation sites excluding steroid dienone is 2. The SMILES string of the molecule is C=C[C@@H]1C=CN(CCCCCCC)CC1. The van der Waals surface area contributed by atoms with E-state index in [1.165, 1.54) is 51.6 Å². The largest absolute Gasteiger partial charge is 0.378 e. The molecule has 0 radical (unpaired) electrons. The third-order valence-electron chi connectivity index (χ3n) is 3.15. The lowest BCUT2D eigenvalue weighted by molar-refractivity contribution is 0.328. The highest BCUT2D eigenvalue weighted by Crippen LogP contribution is 2.15. The highest BCUT2D eigenvalue weighted by molar-refractivity contribution is 5.00. The molecule has 1 atom stereocenters. The maximum Gasteiger partial charge on any atom is 0.0181 e. The van der Waals surface area contributed by atoms with Gasteiger partial charge in [-0.1, -0.05) is 44.8 Å². The molecule has 0 N–H and O–H groups in total. The summed E-state index contributed by atoms with van der Waals surface area (Å²) in [7, 11) is 0. The van der Waals surface area contributed by atoms with Crippen molar-refractivity contribution in [1.29, 1.82) is 0 Å². The molecule has 0 aromatic heterocycles. The maximum atomic E-state index is 3.84. The molecule has 1 rings (SSSR count). The Kier molecular flexibility index (Phi) is 6.22. The van der Waals surface area contributed by atoms with Crippen LogP contribution < -0.4 is 0 Å². The van der Waals surface area contributed by atoms with Crippen LogP contribution in [0.2, 0.25) is 0 Å². The Bertz CT molecular complexity index is 196. The van der Waals surface area contributed by atoms with Crippen LogP contribution in [0, 0.1) is 5.92 Å². The van der Waals surface area contributed by atoms with E-state index in [4.69, 9.17) is 0 Å². The first-order valence-corrected chi connectivity index (χ1v) is 6.41. The summed E-state index contributed by atoms with van der Waals surface area (Å²) >= 11 is 0. The zero-order valence-corrected chi connectivity index (χ0v) is 10.1. The minimum Gasteiger partial charge on any atom is -0.378 e. The van der Waals surface area contributed by atoms with E-state index in [0.29, 0.717) is 5.92 Å². The summed E-state index contributed by atoms with van der Waals surface area (Å²) in [4.78, 5) is 2.45. The van der Waals surface area contributed by atoms with E-state index in [1.54, 1.807) is 0 Å². The summed E-state index contributed by atoms with van der Waals surface area (Å²) in [5.74, 6) is 0.612. The fraction of sp³-hybridized carbons (Fsp3) is 0.714. The van der Waals surface area contributed by atoms with Gasteiger partial charge in [0.25, 0.3) is 0 Å². The zero-order chi connectivity index (χ0) is 10.9. The predicted octanol–water partition coefficient (Wildman–Crippen LogP) is 3.98. The standard InChI is InChI=1S/C14H25N/c1-3-5-6-7-8-11-15-12-9-14(4-2)10-13-15/h4,9,12,14H,2-3,5-8,10-11,13H2,1H3/t14-/m1/s1. The van der Waals surface area contributed by atoms with Crippen LogP contribution in [0.4, 0.5) is 0 Å². The number of hydrogen-bond acceptors (Lipinski definition) is 1. The second-order valence-corrected chi connectivity index (χ2v) is 4.48. The van der Waals surface area contributed by atoms with Crippen molar-refractivity contribution in [1.82, 2.24) is 4.90 Å². The maximum absolute atomic E-state index is 3.84. The predicted molar refractivity (Wildman–Crippen MR) is 67.8 cm³/mol. The Labute approximate surface area is 94.9 Å². The molecule has 86 valence electrons. The fourth-order valence-corrected chi connectivity index (χ4v) is 2.02. The summed E-state index contributed by atoms with van der Waals surface area (Å²) in [6.45, 7) is 8.55. The molecule has 1 heteroatoms. The highest BCUT2D eigenvalue weighted by Gasteiger charge is 2.09. The van der Waals surface area contributed by atoms with E-state index in [9.17, 15) is 0 Å². The molecule has 1 aliphatic heterocycles. The first kappa shape index (κ1) is 12.4. The summed E-state index contributed by atoms with van der Waals surface area (Å²) in [5.41, 5.74) is 0. The van der Waals surface area contributed by atoms with E-state index in [0.717, 1.165) is 0 Å². The molecule has 15 heavy (non-hydrogen) atoms. The molecule has 0 aliphatic carbocycles. The molecule has 0 saturated carbocycles. The molecule has 0 bridgehead atoms. The Morgan fingerprint density at radius 2 is 2.13 bits per heavy atom. The van der Waals surface area contributed by atoms with Crippen LogP contribution >= 0.6 is 0 Å². The lowest BCUT2D eigenvalue weighted by Gasteiger charge is -2.26. The molecule has 1 heterocycles. The van der Waals surface area contributed by atoms with Gasteiger partial charge in [-0.2, -0.15) is 0 Å². The Balaban J connectivity index is 2.05. The van der Waals surface area contributed by atoms with Crippen molar-refractivity contribution < 1.29 is 0 Å². The molecular weight excluding hydrogens is 182 g/mol. The molecule has 1 nitrogen and oxygen atoms in total. The number of rotatable bonds is 7. The monoisotopic (exact) mass is 207 g/mol. The number of nitrogens with zero attached hydrogens (tertiary/aromatic N) is 1. The van der Waals surface area contributed by atoms with Gasteiger partial charge in [-0.05, 0) is 25.0 Å².